The lowest BCUT2D eigenvalue weighted by Crippen LogP contribution is -2.47. The molecule has 0 radical (unpaired) electrons. The first kappa shape index (κ1) is 14.8. The Morgan fingerprint density at radius 1 is 1.40 bits per heavy atom. The smallest absolute Gasteiger partial charge is 0.113 e. The molecule has 0 aliphatic heterocycles. The minimum absolute atomic E-state index is 0.367. The van der Waals surface area contributed by atoms with Crippen molar-refractivity contribution in [2.24, 2.45) is 0 Å². The second-order valence-electron chi connectivity index (χ2n) is 4.50. The zero-order valence-corrected chi connectivity index (χ0v) is 11.3. The van der Waals surface area contributed by atoms with Crippen LogP contribution in [0.2, 0.25) is 0 Å². The van der Waals surface area contributed by atoms with Crippen molar-refractivity contribution in [1.29, 1.82) is 5.26 Å². The first-order valence-corrected chi connectivity index (χ1v) is 6.96. The Balaban J connectivity index is 3.74. The molecule has 0 bridgehead atoms. The highest BCUT2D eigenvalue weighted by Gasteiger charge is 2.23. The quantitative estimate of drug-likeness (QED) is 0.648. The van der Waals surface area contributed by atoms with E-state index in [-0.39, 0.29) is 5.54 Å². The topological polar surface area (TPSA) is 35.8 Å². The third-order valence-corrected chi connectivity index (χ3v) is 3.50. The highest BCUT2D eigenvalue weighted by Crippen LogP contribution is 2.15. The van der Waals surface area contributed by atoms with Gasteiger partial charge in [-0.15, -0.1) is 0 Å². The van der Waals surface area contributed by atoms with Gasteiger partial charge < -0.3 is 0 Å². The summed E-state index contributed by atoms with van der Waals surface area (Å²) < 4.78 is 0. The van der Waals surface area contributed by atoms with Crippen molar-refractivity contribution in [2.45, 2.75) is 58.5 Å². The highest BCUT2D eigenvalue weighted by molar-refractivity contribution is 7.99. The zero-order valence-electron chi connectivity index (χ0n) is 10.5. The van der Waals surface area contributed by atoms with Crippen LogP contribution in [0.25, 0.3) is 0 Å². The number of nitrogens with zero attached hydrogens (tertiary/aromatic N) is 1. The van der Waals surface area contributed by atoms with E-state index in [1.807, 2.05) is 18.7 Å². The average Bonchev–Trinajstić information content (AvgIpc) is 2.16. The molecule has 0 spiro atoms. The standard InChI is InChI=1S/C12H24N2S/c1-5-6-7-8-15-10-12(4,9-13)14-11(2)3/h11,14H,5-8,10H2,1-4H3. The first-order valence-electron chi connectivity index (χ1n) is 5.80. The van der Waals surface area contributed by atoms with Crippen LogP contribution in [-0.4, -0.2) is 23.1 Å². The summed E-state index contributed by atoms with van der Waals surface area (Å²) in [5, 5.41) is 12.4. The summed E-state index contributed by atoms with van der Waals surface area (Å²) in [5.41, 5.74) is -0.370. The van der Waals surface area contributed by atoms with E-state index in [0.29, 0.717) is 6.04 Å². The summed E-state index contributed by atoms with van der Waals surface area (Å²) in [6.45, 7) is 8.36. The fraction of sp³-hybridized carbons (Fsp3) is 0.917. The zero-order chi connectivity index (χ0) is 11.7. The van der Waals surface area contributed by atoms with Crippen LogP contribution in [-0.2, 0) is 0 Å². The molecule has 1 N–H and O–H groups in total. The van der Waals surface area contributed by atoms with E-state index in [1.165, 1.54) is 25.0 Å². The van der Waals surface area contributed by atoms with Gasteiger partial charge in [-0.1, -0.05) is 19.8 Å². The summed E-state index contributed by atoms with van der Waals surface area (Å²) in [5.74, 6) is 2.05. The van der Waals surface area contributed by atoms with Gasteiger partial charge in [-0.3, -0.25) is 5.32 Å². The van der Waals surface area contributed by atoms with E-state index in [4.69, 9.17) is 5.26 Å². The second kappa shape index (κ2) is 8.01. The fourth-order valence-corrected chi connectivity index (χ4v) is 2.58. The molecule has 0 aliphatic carbocycles. The van der Waals surface area contributed by atoms with Crippen LogP contribution in [0.5, 0.6) is 0 Å². The van der Waals surface area contributed by atoms with Gasteiger partial charge in [0.05, 0.1) is 6.07 Å². The van der Waals surface area contributed by atoms with Gasteiger partial charge in [0.1, 0.15) is 5.54 Å². The number of hydrogen-bond donors (Lipinski definition) is 1. The van der Waals surface area contributed by atoms with Crippen molar-refractivity contribution in [2.75, 3.05) is 11.5 Å². The third-order valence-electron chi connectivity index (χ3n) is 2.14. The summed E-state index contributed by atoms with van der Waals surface area (Å²) in [6, 6.07) is 2.74. The van der Waals surface area contributed by atoms with Crippen molar-refractivity contribution in [3.63, 3.8) is 0 Å². The van der Waals surface area contributed by atoms with Crippen LogP contribution < -0.4 is 5.32 Å². The molecule has 15 heavy (non-hydrogen) atoms. The molecule has 0 aromatic heterocycles. The van der Waals surface area contributed by atoms with E-state index < -0.39 is 0 Å². The number of rotatable bonds is 8. The highest BCUT2D eigenvalue weighted by atomic mass is 32.2. The molecule has 0 amide bonds. The van der Waals surface area contributed by atoms with Crippen molar-refractivity contribution in [3.05, 3.63) is 0 Å². The van der Waals surface area contributed by atoms with Crippen molar-refractivity contribution >= 4 is 11.8 Å². The summed E-state index contributed by atoms with van der Waals surface area (Å²) >= 11 is 1.88. The van der Waals surface area contributed by atoms with E-state index >= 15 is 0 Å². The lowest BCUT2D eigenvalue weighted by molar-refractivity contribution is 0.443. The van der Waals surface area contributed by atoms with Crippen LogP contribution in [0.3, 0.4) is 0 Å². The van der Waals surface area contributed by atoms with Crippen LogP contribution >= 0.6 is 11.8 Å². The molecular formula is C12H24N2S. The van der Waals surface area contributed by atoms with Gasteiger partial charge in [-0.05, 0) is 32.9 Å². The third kappa shape index (κ3) is 7.70. The number of thioether (sulfide) groups is 1. The molecule has 0 rings (SSSR count). The molecule has 0 aromatic carbocycles. The number of nitriles is 1. The van der Waals surface area contributed by atoms with Crippen LogP contribution in [0, 0.1) is 11.3 Å². The Hall–Kier alpha value is -0.200. The summed E-state index contributed by atoms with van der Waals surface area (Å²) in [4.78, 5) is 0. The van der Waals surface area contributed by atoms with Gasteiger partial charge >= 0.3 is 0 Å². The fourth-order valence-electron chi connectivity index (χ4n) is 1.47. The van der Waals surface area contributed by atoms with Gasteiger partial charge in [0.25, 0.3) is 0 Å². The molecule has 1 unspecified atom stereocenters. The van der Waals surface area contributed by atoms with Gasteiger partial charge in [-0.25, -0.2) is 0 Å². The normalized spacial score (nSPS) is 14.9. The van der Waals surface area contributed by atoms with Crippen molar-refractivity contribution < 1.29 is 0 Å². The van der Waals surface area contributed by atoms with E-state index in [9.17, 15) is 0 Å². The maximum absolute atomic E-state index is 9.11. The summed E-state index contributed by atoms with van der Waals surface area (Å²) in [6.07, 6.45) is 3.83. The maximum Gasteiger partial charge on any atom is 0.113 e. The van der Waals surface area contributed by atoms with E-state index in [2.05, 4.69) is 32.2 Å². The second-order valence-corrected chi connectivity index (χ2v) is 5.61. The molecule has 0 heterocycles. The van der Waals surface area contributed by atoms with Gasteiger partial charge in [0.15, 0.2) is 0 Å². The van der Waals surface area contributed by atoms with Crippen molar-refractivity contribution in [3.8, 4) is 6.07 Å². The monoisotopic (exact) mass is 228 g/mol. The molecule has 3 heteroatoms. The Bertz CT molecular complexity index is 198. The van der Waals surface area contributed by atoms with Crippen LogP contribution in [0.1, 0.15) is 47.0 Å². The molecule has 0 fully saturated rings. The average molecular weight is 228 g/mol. The van der Waals surface area contributed by atoms with Crippen LogP contribution in [0.15, 0.2) is 0 Å². The Labute approximate surface area is 98.8 Å². The lowest BCUT2D eigenvalue weighted by Gasteiger charge is -2.25. The summed E-state index contributed by atoms with van der Waals surface area (Å²) in [7, 11) is 0. The molecule has 0 saturated heterocycles. The van der Waals surface area contributed by atoms with Crippen LogP contribution in [0.4, 0.5) is 0 Å². The maximum atomic E-state index is 9.11. The van der Waals surface area contributed by atoms with Gasteiger partial charge in [0, 0.05) is 11.8 Å². The predicted molar refractivity (Wildman–Crippen MR) is 69.1 cm³/mol. The number of nitrogens with one attached hydrogen (secondary N) is 1. The van der Waals surface area contributed by atoms with Gasteiger partial charge in [-0.2, -0.15) is 17.0 Å². The largest absolute Gasteiger partial charge is 0.297 e. The molecule has 88 valence electrons. The predicted octanol–water partition coefficient (Wildman–Crippen LogP) is 3.19. The molecule has 2 nitrogen and oxygen atoms in total. The minimum atomic E-state index is -0.370. The minimum Gasteiger partial charge on any atom is -0.297 e. The SMILES string of the molecule is CCCCCSCC(C)(C#N)NC(C)C. The van der Waals surface area contributed by atoms with Crippen molar-refractivity contribution in [1.82, 2.24) is 5.32 Å². The molecule has 1 atom stereocenters. The number of unbranched alkanes of at least 4 members (excludes halogenated alkanes) is 2. The molecular weight excluding hydrogens is 204 g/mol. The Morgan fingerprint density at radius 2 is 2.07 bits per heavy atom. The Morgan fingerprint density at radius 3 is 2.53 bits per heavy atom. The molecule has 0 aliphatic rings. The first-order chi connectivity index (χ1) is 7.04. The Kier molecular flexibility index (Phi) is 7.90. The molecule has 0 aromatic rings. The van der Waals surface area contributed by atoms with E-state index in [0.717, 1.165) is 5.75 Å². The van der Waals surface area contributed by atoms with Gasteiger partial charge in [0.2, 0.25) is 0 Å². The van der Waals surface area contributed by atoms with E-state index in [1.54, 1.807) is 0 Å². The lowest BCUT2D eigenvalue weighted by atomic mass is 10.1. The molecule has 0 saturated carbocycles. The number of hydrogen-bond acceptors (Lipinski definition) is 3.